The van der Waals surface area contributed by atoms with Gasteiger partial charge in [-0.05, 0) is 24.6 Å². The molecule has 0 aromatic heterocycles. The number of benzene rings is 1. The quantitative estimate of drug-likeness (QED) is 0.451. The summed E-state index contributed by atoms with van der Waals surface area (Å²) in [7, 11) is 1.57. The third-order valence-electron chi connectivity index (χ3n) is 2.22. The van der Waals surface area contributed by atoms with Crippen LogP contribution in [-0.4, -0.2) is 25.8 Å². The molecule has 100 valence electrons. The average Bonchev–Trinajstić information content (AvgIpc) is 2.33. The van der Waals surface area contributed by atoms with Gasteiger partial charge in [0, 0.05) is 29.9 Å². The first-order valence-electron chi connectivity index (χ1n) is 5.27. The molecule has 0 unspecified atom stereocenters. The maximum absolute atomic E-state index is 12.7. The largest absolute Gasteiger partial charge is 0.417 e. The third-order valence-corrected chi connectivity index (χ3v) is 3.30. The minimum Gasteiger partial charge on any atom is -0.385 e. The number of aldehydes is 1. The van der Waals surface area contributed by atoms with E-state index in [9.17, 15) is 18.0 Å². The molecule has 0 atom stereocenters. The molecule has 0 aliphatic rings. The number of hydrogen-bond donors (Lipinski definition) is 0. The van der Waals surface area contributed by atoms with E-state index in [1.807, 2.05) is 0 Å². The Balaban J connectivity index is 2.80. The molecule has 0 saturated heterocycles. The van der Waals surface area contributed by atoms with Crippen LogP contribution in [0.25, 0.3) is 0 Å². The Bertz CT molecular complexity index is 405. The number of rotatable bonds is 6. The van der Waals surface area contributed by atoms with E-state index in [1.165, 1.54) is 23.9 Å². The second-order valence-electron chi connectivity index (χ2n) is 3.56. The zero-order chi connectivity index (χ0) is 13.6. The summed E-state index contributed by atoms with van der Waals surface area (Å²) in [6.07, 6.45) is -3.51. The van der Waals surface area contributed by atoms with Crippen LogP contribution in [-0.2, 0) is 10.9 Å². The van der Waals surface area contributed by atoms with Gasteiger partial charge in [0.05, 0.1) is 5.56 Å². The summed E-state index contributed by atoms with van der Waals surface area (Å²) in [6, 6.07) is 3.74. The zero-order valence-corrected chi connectivity index (χ0v) is 10.6. The van der Waals surface area contributed by atoms with Gasteiger partial charge in [0.15, 0.2) is 6.29 Å². The molecule has 0 bridgehead atoms. The second-order valence-corrected chi connectivity index (χ2v) is 4.73. The summed E-state index contributed by atoms with van der Waals surface area (Å²) in [6.45, 7) is 0.575. The van der Waals surface area contributed by atoms with E-state index in [1.54, 1.807) is 7.11 Å². The van der Waals surface area contributed by atoms with Crippen LogP contribution < -0.4 is 0 Å². The van der Waals surface area contributed by atoms with Crippen LogP contribution in [0.15, 0.2) is 23.1 Å². The molecule has 6 heteroatoms. The van der Waals surface area contributed by atoms with Crippen molar-refractivity contribution in [3.8, 4) is 0 Å². The smallest absolute Gasteiger partial charge is 0.385 e. The summed E-state index contributed by atoms with van der Waals surface area (Å²) in [4.78, 5) is 11.1. The fraction of sp³-hybridized carbons (Fsp3) is 0.417. The summed E-state index contributed by atoms with van der Waals surface area (Å²) in [5, 5.41) is 0. The van der Waals surface area contributed by atoms with Crippen LogP contribution in [0.4, 0.5) is 13.2 Å². The van der Waals surface area contributed by atoms with Crippen molar-refractivity contribution in [3.05, 3.63) is 29.3 Å². The minimum absolute atomic E-state index is 0.224. The number of ether oxygens (including phenoxy) is 1. The Morgan fingerprint density at radius 3 is 2.67 bits per heavy atom. The molecule has 0 radical (unpaired) electrons. The van der Waals surface area contributed by atoms with E-state index < -0.39 is 11.7 Å². The van der Waals surface area contributed by atoms with Crippen molar-refractivity contribution >= 4 is 18.0 Å². The molecule has 1 rings (SSSR count). The molecule has 0 N–H and O–H groups in total. The first-order chi connectivity index (χ1) is 8.49. The normalized spacial score (nSPS) is 11.6. The molecular formula is C12H13F3O2S. The van der Waals surface area contributed by atoms with Gasteiger partial charge in [-0.3, -0.25) is 4.79 Å². The summed E-state index contributed by atoms with van der Waals surface area (Å²) >= 11 is 1.31. The number of carbonyl (C=O) groups is 1. The summed E-state index contributed by atoms with van der Waals surface area (Å²) in [5.74, 6) is 0.672. The minimum atomic E-state index is -4.50. The van der Waals surface area contributed by atoms with Crippen LogP contribution >= 0.6 is 11.8 Å². The molecule has 1 aromatic rings. The predicted molar refractivity (Wildman–Crippen MR) is 64.0 cm³/mol. The molecular weight excluding hydrogens is 265 g/mol. The van der Waals surface area contributed by atoms with E-state index in [-0.39, 0.29) is 11.8 Å². The lowest BCUT2D eigenvalue weighted by atomic mass is 10.1. The van der Waals surface area contributed by atoms with Crippen molar-refractivity contribution in [1.29, 1.82) is 0 Å². The Morgan fingerprint density at radius 2 is 2.11 bits per heavy atom. The van der Waals surface area contributed by atoms with Gasteiger partial charge < -0.3 is 4.74 Å². The standard InChI is InChI=1S/C12H13F3O2S/c1-17-5-2-6-18-10-4-3-9(8-16)11(7-10)12(13,14)15/h3-4,7-8H,2,5-6H2,1H3. The Morgan fingerprint density at radius 1 is 1.39 bits per heavy atom. The fourth-order valence-corrected chi connectivity index (χ4v) is 2.23. The number of methoxy groups -OCH3 is 1. The highest BCUT2D eigenvalue weighted by atomic mass is 32.2. The molecule has 1 aromatic carbocycles. The number of halogens is 3. The zero-order valence-electron chi connectivity index (χ0n) is 9.79. The van der Waals surface area contributed by atoms with Gasteiger partial charge in [0.25, 0.3) is 0 Å². The average molecular weight is 278 g/mol. The van der Waals surface area contributed by atoms with E-state index >= 15 is 0 Å². The van der Waals surface area contributed by atoms with Crippen molar-refractivity contribution in [1.82, 2.24) is 0 Å². The van der Waals surface area contributed by atoms with Gasteiger partial charge in [-0.2, -0.15) is 13.2 Å². The first kappa shape index (κ1) is 15.0. The number of hydrogen-bond acceptors (Lipinski definition) is 3. The summed E-state index contributed by atoms with van der Waals surface area (Å²) < 4.78 is 42.9. The molecule has 0 aliphatic heterocycles. The lowest BCUT2D eigenvalue weighted by Gasteiger charge is -2.11. The van der Waals surface area contributed by atoms with Gasteiger partial charge in [-0.25, -0.2) is 0 Å². The van der Waals surface area contributed by atoms with Crippen molar-refractivity contribution in [2.75, 3.05) is 19.5 Å². The van der Waals surface area contributed by atoms with E-state index in [0.29, 0.717) is 17.3 Å². The second kappa shape index (κ2) is 6.80. The van der Waals surface area contributed by atoms with Gasteiger partial charge in [0.1, 0.15) is 0 Å². The van der Waals surface area contributed by atoms with Crippen molar-refractivity contribution in [2.45, 2.75) is 17.5 Å². The maximum Gasteiger partial charge on any atom is 0.417 e. The number of carbonyl (C=O) groups excluding carboxylic acids is 1. The highest BCUT2D eigenvalue weighted by Gasteiger charge is 2.33. The van der Waals surface area contributed by atoms with E-state index in [0.717, 1.165) is 12.5 Å². The van der Waals surface area contributed by atoms with Crippen LogP contribution in [0.5, 0.6) is 0 Å². The van der Waals surface area contributed by atoms with E-state index in [4.69, 9.17) is 4.74 Å². The monoisotopic (exact) mass is 278 g/mol. The van der Waals surface area contributed by atoms with Crippen molar-refractivity contribution in [3.63, 3.8) is 0 Å². The van der Waals surface area contributed by atoms with Crippen LogP contribution in [0.3, 0.4) is 0 Å². The molecule has 0 fully saturated rings. The Kier molecular flexibility index (Phi) is 5.68. The van der Waals surface area contributed by atoms with Gasteiger partial charge >= 0.3 is 6.18 Å². The fourth-order valence-electron chi connectivity index (χ4n) is 1.37. The van der Waals surface area contributed by atoms with Gasteiger partial charge in [0.2, 0.25) is 0 Å². The molecule has 18 heavy (non-hydrogen) atoms. The lowest BCUT2D eigenvalue weighted by molar-refractivity contribution is -0.138. The van der Waals surface area contributed by atoms with Gasteiger partial charge in [-0.15, -0.1) is 11.8 Å². The third kappa shape index (κ3) is 4.34. The van der Waals surface area contributed by atoms with Crippen LogP contribution in [0.1, 0.15) is 22.3 Å². The van der Waals surface area contributed by atoms with Crippen LogP contribution in [0.2, 0.25) is 0 Å². The molecule has 0 aliphatic carbocycles. The maximum atomic E-state index is 12.7. The SMILES string of the molecule is COCCCSc1ccc(C=O)c(C(F)(F)F)c1. The lowest BCUT2D eigenvalue weighted by Crippen LogP contribution is -2.09. The molecule has 2 nitrogen and oxygen atoms in total. The molecule has 0 heterocycles. The molecule has 0 spiro atoms. The molecule has 0 amide bonds. The first-order valence-corrected chi connectivity index (χ1v) is 6.25. The Hall–Kier alpha value is -1.01. The van der Waals surface area contributed by atoms with Crippen LogP contribution in [0, 0.1) is 0 Å². The van der Waals surface area contributed by atoms with E-state index in [2.05, 4.69) is 0 Å². The highest BCUT2D eigenvalue weighted by molar-refractivity contribution is 7.99. The Labute approximate surface area is 108 Å². The van der Waals surface area contributed by atoms with Gasteiger partial charge in [-0.1, -0.05) is 0 Å². The number of alkyl halides is 3. The van der Waals surface area contributed by atoms with Crippen molar-refractivity contribution < 1.29 is 22.7 Å². The number of thioether (sulfide) groups is 1. The predicted octanol–water partition coefficient (Wildman–Crippen LogP) is 3.65. The topological polar surface area (TPSA) is 26.3 Å². The summed E-state index contributed by atoms with van der Waals surface area (Å²) in [5.41, 5.74) is -1.21. The highest BCUT2D eigenvalue weighted by Crippen LogP contribution is 2.34. The molecule has 0 saturated carbocycles. The van der Waals surface area contributed by atoms with Crippen molar-refractivity contribution in [2.24, 2.45) is 0 Å².